The van der Waals surface area contributed by atoms with Crippen molar-refractivity contribution in [3.8, 4) is 22.3 Å². The quantitative estimate of drug-likeness (QED) is 0.152. The Kier molecular flexibility index (Phi) is 9.26. The summed E-state index contributed by atoms with van der Waals surface area (Å²) >= 11 is 0. The van der Waals surface area contributed by atoms with E-state index in [4.69, 9.17) is 8.83 Å². The molecule has 4 heteroatoms. The minimum atomic E-state index is 0.838. The fourth-order valence-electron chi connectivity index (χ4n) is 10.2. The lowest BCUT2D eigenvalue weighted by molar-refractivity contribution is 0.663. The van der Waals surface area contributed by atoms with Gasteiger partial charge in [0, 0.05) is 55.4 Å². The van der Waals surface area contributed by atoms with Gasteiger partial charge in [-0.3, -0.25) is 0 Å². The first-order chi connectivity index (χ1) is 33.5. The first kappa shape index (κ1) is 39.5. The van der Waals surface area contributed by atoms with Gasteiger partial charge in [-0.1, -0.05) is 145 Å². The van der Waals surface area contributed by atoms with Crippen LogP contribution in [0.2, 0.25) is 0 Å². The van der Waals surface area contributed by atoms with E-state index in [2.05, 4.69) is 254 Å². The van der Waals surface area contributed by atoms with E-state index in [0.717, 1.165) is 99.5 Å². The van der Waals surface area contributed by atoms with E-state index in [-0.39, 0.29) is 0 Å². The first-order valence-electron chi connectivity index (χ1n) is 23.2. The van der Waals surface area contributed by atoms with Crippen molar-refractivity contribution in [1.82, 2.24) is 0 Å². The zero-order valence-electron chi connectivity index (χ0n) is 37.7. The molecule has 0 N–H and O–H groups in total. The Balaban J connectivity index is 0.936. The van der Waals surface area contributed by atoms with Crippen LogP contribution in [0.3, 0.4) is 0 Å². The standard InChI is InChI=1S/C64H44N2O2/c1-41-21-27-49(28-22-41)65(57-19-11-9-17-53(57)43-13-5-3-6-14-43)51-31-25-45-37-55-61(39-47(45)35-51)67-59-33-34-60-64(63(55)59)56-38-46-26-32-52(36-48(46)40-62(56)68-60)66(50-29-23-42(2)24-30-50)58-20-12-10-18-54(58)44-15-7-4-8-16-44/h3-40H,1-2H3. The minimum Gasteiger partial charge on any atom is -0.456 e. The van der Waals surface area contributed by atoms with E-state index in [1.807, 2.05) is 0 Å². The summed E-state index contributed by atoms with van der Waals surface area (Å²) in [5.74, 6) is 0. The maximum atomic E-state index is 6.75. The Bertz CT molecular complexity index is 3770. The SMILES string of the molecule is Cc1ccc(N(c2ccc3cc4c(cc3c2)oc2ccc3oc5cc6cc(N(c7ccc(C)cc7)c7ccccc7-c7ccccc7)ccc6cc5c3c24)c2ccccc2-c2ccccc2)cc1. The second kappa shape index (κ2) is 15.9. The van der Waals surface area contributed by atoms with Crippen molar-refractivity contribution in [2.45, 2.75) is 13.8 Å². The largest absolute Gasteiger partial charge is 0.456 e. The van der Waals surface area contributed by atoms with Gasteiger partial charge in [0.05, 0.1) is 11.4 Å². The van der Waals surface area contributed by atoms with Crippen LogP contribution in [-0.2, 0) is 0 Å². The van der Waals surface area contributed by atoms with Gasteiger partial charge >= 0.3 is 0 Å². The maximum Gasteiger partial charge on any atom is 0.136 e. The average molecular weight is 873 g/mol. The molecule has 0 aliphatic rings. The molecule has 0 bridgehead atoms. The Labute approximate surface area is 394 Å². The number of aryl methyl sites for hydroxylation is 2. The highest BCUT2D eigenvalue weighted by Crippen LogP contribution is 2.46. The monoisotopic (exact) mass is 872 g/mol. The number of rotatable bonds is 8. The van der Waals surface area contributed by atoms with E-state index in [9.17, 15) is 0 Å². The third kappa shape index (κ3) is 6.68. The Morgan fingerprint density at radius 2 is 0.676 bits per heavy atom. The first-order valence-corrected chi connectivity index (χ1v) is 23.2. The number of nitrogens with zero attached hydrogens (tertiary/aromatic N) is 2. The highest BCUT2D eigenvalue weighted by Gasteiger charge is 2.22. The number of hydrogen-bond donors (Lipinski definition) is 0. The summed E-state index contributed by atoms with van der Waals surface area (Å²) in [6, 6.07) is 82.7. The van der Waals surface area contributed by atoms with E-state index in [1.54, 1.807) is 0 Å². The van der Waals surface area contributed by atoms with Crippen molar-refractivity contribution in [3.05, 3.63) is 242 Å². The van der Waals surface area contributed by atoms with Gasteiger partial charge in [0.2, 0.25) is 0 Å². The number of anilines is 6. The summed E-state index contributed by atoms with van der Waals surface area (Å²) < 4.78 is 13.5. The number of para-hydroxylation sites is 2. The Hall–Kier alpha value is -8.86. The summed E-state index contributed by atoms with van der Waals surface area (Å²) in [5.41, 5.74) is 17.0. The van der Waals surface area contributed by atoms with Crippen LogP contribution < -0.4 is 9.80 Å². The molecule has 68 heavy (non-hydrogen) atoms. The van der Waals surface area contributed by atoms with Gasteiger partial charge in [-0.25, -0.2) is 0 Å². The molecule has 0 aliphatic heterocycles. The van der Waals surface area contributed by atoms with Gasteiger partial charge in [0.25, 0.3) is 0 Å². The van der Waals surface area contributed by atoms with E-state index in [0.29, 0.717) is 0 Å². The lowest BCUT2D eigenvalue weighted by Crippen LogP contribution is -2.11. The van der Waals surface area contributed by atoms with Crippen molar-refractivity contribution in [1.29, 1.82) is 0 Å². The summed E-state index contributed by atoms with van der Waals surface area (Å²) in [6.45, 7) is 4.26. The predicted molar refractivity (Wildman–Crippen MR) is 286 cm³/mol. The summed E-state index contributed by atoms with van der Waals surface area (Å²) in [5, 5.41) is 8.75. The van der Waals surface area contributed by atoms with Crippen LogP contribution >= 0.6 is 0 Å². The third-order valence-corrected chi connectivity index (χ3v) is 13.5. The molecule has 0 radical (unpaired) electrons. The van der Waals surface area contributed by atoms with Gasteiger partial charge < -0.3 is 18.6 Å². The van der Waals surface area contributed by atoms with Crippen LogP contribution in [0, 0.1) is 13.8 Å². The summed E-state index contributed by atoms with van der Waals surface area (Å²) in [7, 11) is 0. The van der Waals surface area contributed by atoms with Gasteiger partial charge in [0.15, 0.2) is 0 Å². The minimum absolute atomic E-state index is 0.838. The molecule has 11 aromatic carbocycles. The third-order valence-electron chi connectivity index (χ3n) is 13.5. The van der Waals surface area contributed by atoms with Crippen molar-refractivity contribution in [3.63, 3.8) is 0 Å². The Morgan fingerprint density at radius 1 is 0.294 bits per heavy atom. The lowest BCUT2D eigenvalue weighted by Gasteiger charge is -2.28. The van der Waals surface area contributed by atoms with E-state index in [1.165, 1.54) is 33.4 Å². The fourth-order valence-corrected chi connectivity index (χ4v) is 10.2. The molecule has 4 nitrogen and oxygen atoms in total. The predicted octanol–water partition coefficient (Wildman–Crippen LogP) is 18.7. The maximum absolute atomic E-state index is 6.75. The van der Waals surface area contributed by atoms with Crippen molar-refractivity contribution < 1.29 is 8.83 Å². The van der Waals surface area contributed by atoms with E-state index < -0.39 is 0 Å². The molecule has 0 atom stereocenters. The number of benzene rings is 11. The molecule has 0 unspecified atom stereocenters. The number of hydrogen-bond acceptors (Lipinski definition) is 4. The highest BCUT2D eigenvalue weighted by molar-refractivity contribution is 6.28. The molecule has 0 saturated carbocycles. The molecule has 2 heterocycles. The van der Waals surface area contributed by atoms with Crippen LogP contribution in [-0.4, -0.2) is 0 Å². The zero-order valence-corrected chi connectivity index (χ0v) is 37.7. The van der Waals surface area contributed by atoms with Gasteiger partial charge in [-0.05, 0) is 144 Å². The molecule has 13 aromatic rings. The van der Waals surface area contributed by atoms with Crippen LogP contribution in [0.15, 0.2) is 239 Å². The van der Waals surface area contributed by atoms with Crippen LogP contribution in [0.1, 0.15) is 11.1 Å². The van der Waals surface area contributed by atoms with Gasteiger partial charge in [-0.15, -0.1) is 0 Å². The second-order valence-electron chi connectivity index (χ2n) is 17.9. The fraction of sp³-hybridized carbons (Fsp3) is 0.0312. The molecule has 0 saturated heterocycles. The smallest absolute Gasteiger partial charge is 0.136 e. The van der Waals surface area contributed by atoms with Crippen molar-refractivity contribution >= 4 is 99.5 Å². The number of fused-ring (bicyclic) bond motifs is 9. The van der Waals surface area contributed by atoms with Gasteiger partial charge in [0.1, 0.15) is 22.3 Å². The zero-order chi connectivity index (χ0) is 45.3. The summed E-state index contributed by atoms with van der Waals surface area (Å²) in [4.78, 5) is 4.73. The number of furan rings is 2. The molecule has 2 aromatic heterocycles. The van der Waals surface area contributed by atoms with Crippen LogP contribution in [0.25, 0.3) is 87.7 Å². The molecule has 0 spiro atoms. The second-order valence-corrected chi connectivity index (χ2v) is 17.9. The molecular formula is C64H44N2O2. The van der Waals surface area contributed by atoms with Crippen LogP contribution in [0.4, 0.5) is 34.1 Å². The highest BCUT2D eigenvalue weighted by atomic mass is 16.3. The van der Waals surface area contributed by atoms with Gasteiger partial charge in [-0.2, -0.15) is 0 Å². The lowest BCUT2D eigenvalue weighted by atomic mass is 9.99. The topological polar surface area (TPSA) is 32.8 Å². The molecule has 0 amide bonds. The average Bonchev–Trinajstić information content (AvgIpc) is 3.93. The summed E-state index contributed by atoms with van der Waals surface area (Å²) in [6.07, 6.45) is 0. The van der Waals surface area contributed by atoms with Crippen molar-refractivity contribution in [2.24, 2.45) is 0 Å². The molecule has 13 rings (SSSR count). The molecule has 0 aliphatic carbocycles. The molecule has 0 fully saturated rings. The molecular weight excluding hydrogens is 829 g/mol. The van der Waals surface area contributed by atoms with E-state index >= 15 is 0 Å². The molecule has 322 valence electrons. The normalized spacial score (nSPS) is 11.7. The van der Waals surface area contributed by atoms with Crippen LogP contribution in [0.5, 0.6) is 0 Å². The Morgan fingerprint density at radius 3 is 1.10 bits per heavy atom. The van der Waals surface area contributed by atoms with Crippen molar-refractivity contribution in [2.75, 3.05) is 9.80 Å².